The van der Waals surface area contributed by atoms with Gasteiger partial charge in [0.15, 0.2) is 0 Å². The maximum absolute atomic E-state index is 14.4. The van der Waals surface area contributed by atoms with E-state index in [-0.39, 0.29) is 17.2 Å². The molecule has 41 heavy (non-hydrogen) atoms. The molecule has 0 bridgehead atoms. The van der Waals surface area contributed by atoms with Crippen molar-refractivity contribution in [3.63, 3.8) is 0 Å². The Bertz CT molecular complexity index is 1570. The van der Waals surface area contributed by atoms with Crippen molar-refractivity contribution in [3.05, 3.63) is 60.0 Å². The molecule has 2 aromatic heterocycles. The number of anilines is 5. The molecule has 4 aromatic rings. The number of carbonyl (C=O) groups excluding carboxylic acids is 1. The molecule has 6 rings (SSSR count). The first-order valence-electron chi connectivity index (χ1n) is 13.7. The molecule has 4 heterocycles. The fourth-order valence-electron chi connectivity index (χ4n) is 5.76. The maximum atomic E-state index is 14.4. The van der Waals surface area contributed by atoms with Gasteiger partial charge in [-0.1, -0.05) is 6.07 Å². The zero-order chi connectivity index (χ0) is 28.5. The lowest BCUT2D eigenvalue weighted by atomic mass is 10.0. The number of aromatic amines is 1. The topological polar surface area (TPSA) is 124 Å². The van der Waals surface area contributed by atoms with Crippen molar-refractivity contribution in [1.29, 1.82) is 0 Å². The predicted molar refractivity (Wildman–Crippen MR) is 155 cm³/mol. The van der Waals surface area contributed by atoms with Crippen LogP contribution < -0.4 is 26.0 Å². The molecular formula is C29H32F2N8O2. The smallest absolute Gasteiger partial charge is 0.253 e. The van der Waals surface area contributed by atoms with E-state index >= 15 is 0 Å². The summed E-state index contributed by atoms with van der Waals surface area (Å²) < 4.78 is 33.7. The van der Waals surface area contributed by atoms with Gasteiger partial charge in [-0.2, -0.15) is 9.97 Å². The fourth-order valence-corrected chi connectivity index (χ4v) is 5.76. The summed E-state index contributed by atoms with van der Waals surface area (Å²) in [5.74, 6) is -0.360. The Hall–Kier alpha value is -4.45. The second kappa shape index (κ2) is 11.2. The third kappa shape index (κ3) is 5.47. The Balaban J connectivity index is 1.21. The monoisotopic (exact) mass is 562 g/mol. The average Bonchev–Trinajstić information content (AvgIpc) is 3.62. The number of nitrogens with two attached hydrogens (primary N) is 1. The van der Waals surface area contributed by atoms with Gasteiger partial charge in [-0.3, -0.25) is 9.69 Å². The summed E-state index contributed by atoms with van der Waals surface area (Å²) in [5, 5.41) is 6.92. The quantitative estimate of drug-likeness (QED) is 0.244. The number of primary amides is 1. The SMILES string of the molecule is COc1cc(N2CCC(N3CC[C@H](F)C3)CC2)ccc1Nc1nc(Nc2cccc(F)c2C(N)=O)c2cc[nH]c2n1. The van der Waals surface area contributed by atoms with Crippen molar-refractivity contribution in [2.45, 2.75) is 31.5 Å². The number of benzene rings is 2. The van der Waals surface area contributed by atoms with E-state index in [4.69, 9.17) is 10.5 Å². The number of hydrogen-bond donors (Lipinski definition) is 4. The zero-order valence-corrected chi connectivity index (χ0v) is 22.7. The minimum Gasteiger partial charge on any atom is -0.494 e. The summed E-state index contributed by atoms with van der Waals surface area (Å²) in [6, 6.07) is 12.4. The number of rotatable bonds is 8. The highest BCUT2D eigenvalue weighted by Crippen LogP contribution is 2.35. The number of methoxy groups -OCH3 is 1. The molecule has 2 fully saturated rings. The second-order valence-corrected chi connectivity index (χ2v) is 10.4. The summed E-state index contributed by atoms with van der Waals surface area (Å²) in [4.78, 5) is 28.8. The Morgan fingerprint density at radius 2 is 1.90 bits per heavy atom. The normalized spacial score (nSPS) is 18.1. The van der Waals surface area contributed by atoms with Gasteiger partial charge in [-0.05, 0) is 49.6 Å². The summed E-state index contributed by atoms with van der Waals surface area (Å²) in [5.41, 5.74) is 7.62. The number of alkyl halides is 1. The molecule has 0 saturated carbocycles. The molecule has 0 unspecified atom stereocenters. The highest BCUT2D eigenvalue weighted by atomic mass is 19.1. The van der Waals surface area contributed by atoms with Crippen LogP contribution in [0.3, 0.4) is 0 Å². The van der Waals surface area contributed by atoms with E-state index in [1.54, 1.807) is 25.4 Å². The van der Waals surface area contributed by atoms with Crippen LogP contribution in [-0.4, -0.2) is 71.3 Å². The largest absolute Gasteiger partial charge is 0.494 e. The molecule has 5 N–H and O–H groups in total. The van der Waals surface area contributed by atoms with Crippen LogP contribution in [0.1, 0.15) is 29.6 Å². The first kappa shape index (κ1) is 26.8. The minimum atomic E-state index is -0.887. The van der Waals surface area contributed by atoms with E-state index in [0.717, 1.165) is 38.2 Å². The number of H-pyrrole nitrogens is 1. The number of likely N-dealkylation sites (tertiary alicyclic amines) is 1. The van der Waals surface area contributed by atoms with Crippen molar-refractivity contribution < 1.29 is 18.3 Å². The molecule has 2 aliphatic heterocycles. The number of nitrogens with zero attached hydrogens (tertiary/aromatic N) is 4. The second-order valence-electron chi connectivity index (χ2n) is 10.4. The Morgan fingerprint density at radius 1 is 1.07 bits per heavy atom. The number of hydrogen-bond acceptors (Lipinski definition) is 8. The number of carbonyl (C=O) groups is 1. The van der Waals surface area contributed by atoms with E-state index in [9.17, 15) is 13.6 Å². The van der Waals surface area contributed by atoms with Crippen molar-refractivity contribution in [1.82, 2.24) is 19.9 Å². The van der Waals surface area contributed by atoms with Crippen LogP contribution in [0.2, 0.25) is 0 Å². The predicted octanol–water partition coefficient (Wildman–Crippen LogP) is 4.70. The van der Waals surface area contributed by atoms with Gasteiger partial charge in [0.05, 0.1) is 29.4 Å². The molecule has 2 aliphatic rings. The Labute approximate surface area is 235 Å². The molecule has 214 valence electrons. The number of fused-ring (bicyclic) bond motifs is 1. The molecule has 0 spiro atoms. The van der Waals surface area contributed by atoms with Gasteiger partial charge < -0.3 is 31.0 Å². The first-order valence-corrected chi connectivity index (χ1v) is 13.7. The molecule has 1 amide bonds. The van der Waals surface area contributed by atoms with E-state index in [2.05, 4.69) is 35.4 Å². The number of ether oxygens (including phenoxy) is 1. The van der Waals surface area contributed by atoms with E-state index in [1.165, 1.54) is 12.1 Å². The van der Waals surface area contributed by atoms with Crippen LogP contribution in [0.25, 0.3) is 11.0 Å². The lowest BCUT2D eigenvalue weighted by molar-refractivity contribution is 0.0997. The first-order chi connectivity index (χ1) is 19.9. The number of nitrogens with one attached hydrogen (secondary N) is 3. The highest BCUT2D eigenvalue weighted by Gasteiger charge is 2.30. The van der Waals surface area contributed by atoms with E-state index in [0.29, 0.717) is 47.3 Å². The van der Waals surface area contributed by atoms with Crippen LogP contribution in [0.5, 0.6) is 5.75 Å². The van der Waals surface area contributed by atoms with Gasteiger partial charge in [0.25, 0.3) is 5.91 Å². The molecule has 2 saturated heterocycles. The number of piperidine rings is 1. The van der Waals surface area contributed by atoms with Gasteiger partial charge in [-0.15, -0.1) is 0 Å². The molecular weight excluding hydrogens is 530 g/mol. The molecule has 0 radical (unpaired) electrons. The van der Waals surface area contributed by atoms with Crippen LogP contribution in [0.4, 0.5) is 37.6 Å². The van der Waals surface area contributed by atoms with Crippen molar-refractivity contribution >= 4 is 45.8 Å². The third-order valence-electron chi connectivity index (χ3n) is 7.87. The summed E-state index contributed by atoms with van der Waals surface area (Å²) in [6.45, 7) is 3.19. The molecule has 0 aliphatic carbocycles. The molecule has 2 aromatic carbocycles. The van der Waals surface area contributed by atoms with Crippen LogP contribution >= 0.6 is 0 Å². The number of halogens is 2. The fraction of sp³-hybridized carbons (Fsp3) is 0.345. The summed E-state index contributed by atoms with van der Waals surface area (Å²) in [6.07, 6.45) is 3.66. The minimum absolute atomic E-state index is 0.199. The van der Waals surface area contributed by atoms with E-state index in [1.807, 2.05) is 18.2 Å². The van der Waals surface area contributed by atoms with Crippen LogP contribution in [0.15, 0.2) is 48.7 Å². The van der Waals surface area contributed by atoms with Crippen LogP contribution in [0, 0.1) is 5.82 Å². The van der Waals surface area contributed by atoms with E-state index < -0.39 is 17.9 Å². The standard InChI is InChI=1S/C29H32F2N8O2/c1-41-24-15-19(38-13-9-18(10-14-38)39-12-8-17(30)16-39)5-6-22(24)35-29-36-27-20(7-11-33-27)28(37-29)34-23-4-2-3-21(31)25(23)26(32)40/h2-7,11,15,17-18H,8-10,12-14,16H2,1H3,(H2,32,40)(H3,33,34,35,36,37)/t17-/m0/s1. The third-order valence-corrected chi connectivity index (χ3v) is 7.87. The summed E-state index contributed by atoms with van der Waals surface area (Å²) in [7, 11) is 1.61. The van der Waals surface area contributed by atoms with Gasteiger partial charge in [0, 0.05) is 50.2 Å². The van der Waals surface area contributed by atoms with Crippen molar-refractivity contribution in [2.75, 3.05) is 48.8 Å². The number of amides is 1. The Morgan fingerprint density at radius 3 is 2.63 bits per heavy atom. The molecule has 12 heteroatoms. The van der Waals surface area contributed by atoms with Gasteiger partial charge in [-0.25, -0.2) is 8.78 Å². The van der Waals surface area contributed by atoms with Crippen molar-refractivity contribution in [2.24, 2.45) is 5.73 Å². The Kier molecular flexibility index (Phi) is 7.31. The molecule has 1 atom stereocenters. The highest BCUT2D eigenvalue weighted by molar-refractivity contribution is 6.01. The number of aromatic nitrogens is 3. The zero-order valence-electron chi connectivity index (χ0n) is 22.7. The van der Waals surface area contributed by atoms with Gasteiger partial charge in [0.2, 0.25) is 5.95 Å². The summed E-state index contributed by atoms with van der Waals surface area (Å²) >= 11 is 0. The molecule has 10 nitrogen and oxygen atoms in total. The van der Waals surface area contributed by atoms with Gasteiger partial charge in [0.1, 0.15) is 29.2 Å². The van der Waals surface area contributed by atoms with Gasteiger partial charge >= 0.3 is 0 Å². The lowest BCUT2D eigenvalue weighted by Gasteiger charge is -2.38. The van der Waals surface area contributed by atoms with Crippen molar-refractivity contribution in [3.8, 4) is 5.75 Å². The maximum Gasteiger partial charge on any atom is 0.253 e. The average molecular weight is 563 g/mol. The lowest BCUT2D eigenvalue weighted by Crippen LogP contribution is -2.44. The van der Waals surface area contributed by atoms with Crippen LogP contribution in [-0.2, 0) is 0 Å².